The van der Waals surface area contributed by atoms with E-state index in [9.17, 15) is 9.59 Å². The first-order valence-corrected chi connectivity index (χ1v) is 12.0. The molecule has 4 saturated carbocycles. The number of fused-ring (bicyclic) bond motifs is 1. The van der Waals surface area contributed by atoms with Gasteiger partial charge in [-0.2, -0.15) is 0 Å². The van der Waals surface area contributed by atoms with Crippen molar-refractivity contribution < 1.29 is 19.1 Å². The second kappa shape index (κ2) is 6.41. The summed E-state index contributed by atoms with van der Waals surface area (Å²) in [7, 11) is 0. The highest BCUT2D eigenvalue weighted by molar-refractivity contribution is 9.10. The average molecular weight is 475 g/mol. The molecule has 0 unspecified atom stereocenters. The van der Waals surface area contributed by atoms with Gasteiger partial charge in [0.15, 0.2) is 0 Å². The van der Waals surface area contributed by atoms with Gasteiger partial charge in [0.05, 0.1) is 16.6 Å². The van der Waals surface area contributed by atoms with Crippen LogP contribution >= 0.6 is 15.9 Å². The van der Waals surface area contributed by atoms with E-state index in [2.05, 4.69) is 29.8 Å². The number of hydrogen-bond acceptors (Lipinski definition) is 4. The zero-order valence-electron chi connectivity index (χ0n) is 18.3. The van der Waals surface area contributed by atoms with Gasteiger partial charge >= 0.3 is 5.97 Å². The molecule has 2 bridgehead atoms. The Morgan fingerprint density at radius 1 is 1.13 bits per heavy atom. The number of ether oxygens (including phenoxy) is 2. The minimum absolute atomic E-state index is 0.214. The van der Waals surface area contributed by atoms with Gasteiger partial charge in [0, 0.05) is 17.3 Å². The standard InChI is InChI=1S/C25H31BrO4/c1-22(2)16-9-11-24(18(22)13-16)14-20(25(30-24)12-10-19(27)23(25,3)4)29-21(28)15-5-7-17(26)8-6-15/h5-8,16,18,20H,9-14H2,1-4H3/t16-,18+,20+,24+,25-/m0/s1. The van der Waals surface area contributed by atoms with E-state index < -0.39 is 17.1 Å². The number of ketones is 1. The lowest BCUT2D eigenvalue weighted by atomic mass is 9.43. The molecule has 1 aromatic rings. The molecule has 1 heterocycles. The van der Waals surface area contributed by atoms with E-state index in [1.807, 2.05) is 26.0 Å². The summed E-state index contributed by atoms with van der Waals surface area (Å²) in [5, 5.41) is 0. The van der Waals surface area contributed by atoms with Crippen LogP contribution in [0.3, 0.4) is 0 Å². The van der Waals surface area contributed by atoms with Crippen molar-refractivity contribution in [2.45, 2.75) is 83.5 Å². The van der Waals surface area contributed by atoms with Crippen LogP contribution in [0.5, 0.6) is 0 Å². The number of hydrogen-bond donors (Lipinski definition) is 0. The molecular formula is C25H31BrO4. The summed E-state index contributed by atoms with van der Waals surface area (Å²) < 4.78 is 14.2. The van der Waals surface area contributed by atoms with Crippen molar-refractivity contribution in [3.05, 3.63) is 34.3 Å². The van der Waals surface area contributed by atoms with Gasteiger partial charge in [0.2, 0.25) is 0 Å². The molecule has 0 N–H and O–H groups in total. The Morgan fingerprint density at radius 2 is 1.83 bits per heavy atom. The van der Waals surface area contributed by atoms with Gasteiger partial charge < -0.3 is 9.47 Å². The third kappa shape index (κ3) is 2.60. The van der Waals surface area contributed by atoms with E-state index >= 15 is 0 Å². The molecule has 4 nitrogen and oxygen atoms in total. The van der Waals surface area contributed by atoms with E-state index in [1.54, 1.807) is 12.1 Å². The van der Waals surface area contributed by atoms with Crippen LogP contribution in [0.1, 0.15) is 76.6 Å². The number of benzene rings is 1. The number of carbonyl (C=O) groups excluding carboxylic acids is 2. The minimum Gasteiger partial charge on any atom is -0.456 e. The van der Waals surface area contributed by atoms with Crippen LogP contribution in [0, 0.1) is 22.7 Å². The summed E-state index contributed by atoms with van der Waals surface area (Å²) in [4.78, 5) is 25.9. The topological polar surface area (TPSA) is 52.6 Å². The molecule has 162 valence electrons. The molecule has 4 aliphatic carbocycles. The van der Waals surface area contributed by atoms with Gasteiger partial charge in [-0.1, -0.05) is 29.8 Å². The molecule has 5 atom stereocenters. The Balaban J connectivity index is 1.50. The quantitative estimate of drug-likeness (QED) is 0.514. The summed E-state index contributed by atoms with van der Waals surface area (Å²) >= 11 is 3.41. The molecule has 2 spiro atoms. The Bertz CT molecular complexity index is 902. The second-order valence-corrected chi connectivity index (χ2v) is 12.0. The second-order valence-electron chi connectivity index (χ2n) is 11.1. The smallest absolute Gasteiger partial charge is 0.338 e. The SMILES string of the molecule is CC1(C)[C@H]2CC[C@@]3(C[C@@H](OC(=O)c4ccc(Br)cc4)[C@]4(CCC(=O)C4(C)C)O3)[C@@H]1C2. The number of carbonyl (C=O) groups is 2. The third-order valence-corrected chi connectivity index (χ3v) is 9.79. The van der Waals surface area contributed by atoms with Crippen molar-refractivity contribution in [3.63, 3.8) is 0 Å². The average Bonchev–Trinajstić information content (AvgIpc) is 3.11. The molecule has 30 heavy (non-hydrogen) atoms. The van der Waals surface area contributed by atoms with Crippen LogP contribution in [0.4, 0.5) is 0 Å². The normalized spacial score (nSPS) is 40.6. The molecule has 1 aliphatic heterocycles. The molecule has 0 aromatic heterocycles. The first-order chi connectivity index (χ1) is 14.0. The molecule has 0 radical (unpaired) electrons. The van der Waals surface area contributed by atoms with Crippen molar-refractivity contribution in [2.75, 3.05) is 0 Å². The van der Waals surface area contributed by atoms with Crippen LogP contribution < -0.4 is 0 Å². The highest BCUT2D eigenvalue weighted by Crippen LogP contribution is 2.70. The molecule has 0 amide bonds. The highest BCUT2D eigenvalue weighted by atomic mass is 79.9. The molecule has 5 fully saturated rings. The maximum absolute atomic E-state index is 13.1. The molecule has 1 aromatic carbocycles. The van der Waals surface area contributed by atoms with Crippen molar-refractivity contribution in [1.29, 1.82) is 0 Å². The molecule has 1 saturated heterocycles. The van der Waals surface area contributed by atoms with Gasteiger partial charge in [0.1, 0.15) is 17.5 Å². The molecule has 6 rings (SSSR count). The Labute approximate surface area is 187 Å². The number of halogens is 1. The zero-order valence-corrected chi connectivity index (χ0v) is 19.9. The van der Waals surface area contributed by atoms with Crippen LogP contribution in [-0.2, 0) is 14.3 Å². The highest BCUT2D eigenvalue weighted by Gasteiger charge is 2.73. The van der Waals surface area contributed by atoms with Gasteiger partial charge in [-0.05, 0) is 81.0 Å². The van der Waals surface area contributed by atoms with Crippen LogP contribution in [-0.4, -0.2) is 29.1 Å². The lowest BCUT2D eigenvalue weighted by Gasteiger charge is -2.64. The van der Waals surface area contributed by atoms with Gasteiger partial charge in [-0.15, -0.1) is 0 Å². The van der Waals surface area contributed by atoms with Crippen molar-refractivity contribution in [1.82, 2.24) is 0 Å². The predicted molar refractivity (Wildman–Crippen MR) is 117 cm³/mol. The lowest BCUT2D eigenvalue weighted by Crippen LogP contribution is -2.62. The first-order valence-electron chi connectivity index (χ1n) is 11.2. The van der Waals surface area contributed by atoms with E-state index in [4.69, 9.17) is 9.47 Å². The van der Waals surface area contributed by atoms with Gasteiger partial charge in [0.25, 0.3) is 0 Å². The minimum atomic E-state index is -0.729. The van der Waals surface area contributed by atoms with E-state index in [0.717, 1.165) is 23.2 Å². The first kappa shape index (κ1) is 20.7. The van der Waals surface area contributed by atoms with Crippen molar-refractivity contribution in [2.24, 2.45) is 22.7 Å². The van der Waals surface area contributed by atoms with Crippen molar-refractivity contribution in [3.8, 4) is 0 Å². The fraction of sp³-hybridized carbons (Fsp3) is 0.680. The summed E-state index contributed by atoms with van der Waals surface area (Å²) in [5.74, 6) is 1.11. The Morgan fingerprint density at radius 3 is 2.40 bits per heavy atom. The summed E-state index contributed by atoms with van der Waals surface area (Å²) in [5.41, 5.74) is -0.898. The van der Waals surface area contributed by atoms with Crippen molar-refractivity contribution >= 4 is 27.7 Å². The predicted octanol–water partition coefficient (Wildman–Crippen LogP) is 5.72. The summed E-state index contributed by atoms with van der Waals surface area (Å²) in [6, 6.07) is 7.24. The maximum Gasteiger partial charge on any atom is 0.338 e. The third-order valence-electron chi connectivity index (χ3n) is 9.27. The molecule has 5 aliphatic rings. The fourth-order valence-electron chi connectivity index (χ4n) is 7.13. The van der Waals surface area contributed by atoms with Crippen LogP contribution in [0.15, 0.2) is 28.7 Å². The summed E-state index contributed by atoms with van der Waals surface area (Å²) in [6.07, 6.45) is 4.77. The van der Waals surface area contributed by atoms with E-state index in [0.29, 0.717) is 30.7 Å². The fourth-order valence-corrected chi connectivity index (χ4v) is 7.39. The molecular weight excluding hydrogens is 444 g/mol. The van der Waals surface area contributed by atoms with Gasteiger partial charge in [-0.25, -0.2) is 4.79 Å². The van der Waals surface area contributed by atoms with Gasteiger partial charge in [-0.3, -0.25) is 4.79 Å². The lowest BCUT2D eigenvalue weighted by molar-refractivity contribution is -0.253. The molecule has 5 heteroatoms. The van der Waals surface area contributed by atoms with Crippen LogP contribution in [0.25, 0.3) is 0 Å². The van der Waals surface area contributed by atoms with Crippen LogP contribution in [0.2, 0.25) is 0 Å². The monoisotopic (exact) mass is 474 g/mol. The van der Waals surface area contributed by atoms with E-state index in [-0.39, 0.29) is 22.8 Å². The number of esters is 1. The Kier molecular flexibility index (Phi) is 4.42. The maximum atomic E-state index is 13.1. The van der Waals surface area contributed by atoms with E-state index in [1.165, 1.54) is 6.42 Å². The largest absolute Gasteiger partial charge is 0.456 e. The zero-order chi connectivity index (χ0) is 21.5. The number of rotatable bonds is 2. The Hall–Kier alpha value is -1.20. The number of Topliss-reactive ketones (excluding diaryl/α,β-unsaturated/α-hetero) is 1. The summed E-state index contributed by atoms with van der Waals surface area (Å²) in [6.45, 7) is 8.68.